The summed E-state index contributed by atoms with van der Waals surface area (Å²) in [5, 5.41) is 8.59. The molecule has 2 rings (SSSR count). The van der Waals surface area contributed by atoms with E-state index in [-0.39, 0.29) is 6.61 Å². The van der Waals surface area contributed by atoms with Gasteiger partial charge in [0.2, 0.25) is 5.71 Å². The summed E-state index contributed by atoms with van der Waals surface area (Å²) in [6, 6.07) is 1.85. The quantitative estimate of drug-likeness (QED) is 0.665. The van der Waals surface area contributed by atoms with Gasteiger partial charge in [-0.2, -0.15) is 0 Å². The molecule has 0 fully saturated rings. The van der Waals surface area contributed by atoms with Crippen molar-refractivity contribution in [3.63, 3.8) is 0 Å². The fraction of sp³-hybridized carbons (Fsp3) is 0.286. The Morgan fingerprint density at radius 1 is 1.64 bits per heavy atom. The Balaban J connectivity index is 2.42. The molecule has 0 bridgehead atoms. The minimum absolute atomic E-state index is 0.107. The summed E-state index contributed by atoms with van der Waals surface area (Å²) in [6.07, 6.45) is 2.13. The molecule has 0 aliphatic heterocycles. The van der Waals surface area contributed by atoms with Gasteiger partial charge < -0.3 is 14.5 Å². The summed E-state index contributed by atoms with van der Waals surface area (Å²) in [4.78, 5) is 6.83. The van der Waals surface area contributed by atoms with Crippen molar-refractivity contribution in [2.75, 3.05) is 6.61 Å². The third-order valence-corrected chi connectivity index (χ3v) is 1.52. The van der Waals surface area contributed by atoms with E-state index in [4.69, 9.17) is 9.52 Å². The van der Waals surface area contributed by atoms with Crippen molar-refractivity contribution >= 4 is 11.2 Å². The summed E-state index contributed by atoms with van der Waals surface area (Å²) in [7, 11) is 0. The van der Waals surface area contributed by atoms with Gasteiger partial charge in [-0.05, 0) is 0 Å². The van der Waals surface area contributed by atoms with E-state index in [1.165, 1.54) is 0 Å². The molecular formula is C7H8N2O2. The molecule has 0 aromatic carbocycles. The predicted molar refractivity (Wildman–Crippen MR) is 39.1 cm³/mol. The van der Waals surface area contributed by atoms with Crippen LogP contribution in [0.3, 0.4) is 0 Å². The van der Waals surface area contributed by atoms with Crippen molar-refractivity contribution in [2.24, 2.45) is 0 Å². The number of imidazole rings is 1. The number of H-pyrrole nitrogens is 1. The summed E-state index contributed by atoms with van der Waals surface area (Å²) in [5.41, 5.74) is 1.49. The number of aliphatic hydroxyl groups is 1. The lowest BCUT2D eigenvalue weighted by Crippen LogP contribution is -1.86. The van der Waals surface area contributed by atoms with Crippen LogP contribution in [-0.4, -0.2) is 21.7 Å². The molecule has 0 spiro atoms. The SMILES string of the molecule is OCCc1cc2[nH]cnc2o1. The lowest BCUT2D eigenvalue weighted by molar-refractivity contribution is 0.289. The second-order valence-corrected chi connectivity index (χ2v) is 2.31. The van der Waals surface area contributed by atoms with Crippen LogP contribution in [0.5, 0.6) is 0 Å². The first-order chi connectivity index (χ1) is 5.40. The van der Waals surface area contributed by atoms with E-state index < -0.39 is 0 Å². The monoisotopic (exact) mass is 152 g/mol. The van der Waals surface area contributed by atoms with Crippen LogP contribution in [0, 0.1) is 0 Å². The zero-order chi connectivity index (χ0) is 7.68. The second-order valence-electron chi connectivity index (χ2n) is 2.31. The van der Waals surface area contributed by atoms with E-state index in [0.29, 0.717) is 12.1 Å². The lowest BCUT2D eigenvalue weighted by atomic mass is 10.3. The first kappa shape index (κ1) is 6.42. The van der Waals surface area contributed by atoms with Gasteiger partial charge in [0.25, 0.3) is 0 Å². The topological polar surface area (TPSA) is 62.0 Å². The van der Waals surface area contributed by atoms with E-state index in [9.17, 15) is 0 Å². The first-order valence-corrected chi connectivity index (χ1v) is 3.43. The first-order valence-electron chi connectivity index (χ1n) is 3.43. The third kappa shape index (κ3) is 1.01. The number of furan rings is 1. The van der Waals surface area contributed by atoms with Crippen molar-refractivity contribution in [3.05, 3.63) is 18.2 Å². The largest absolute Gasteiger partial charge is 0.441 e. The average molecular weight is 152 g/mol. The summed E-state index contributed by atoms with van der Waals surface area (Å²) >= 11 is 0. The maximum absolute atomic E-state index is 8.59. The summed E-state index contributed by atoms with van der Waals surface area (Å²) in [5.74, 6) is 0.766. The van der Waals surface area contributed by atoms with Gasteiger partial charge in [-0.3, -0.25) is 0 Å². The Kier molecular flexibility index (Phi) is 1.40. The van der Waals surface area contributed by atoms with Gasteiger partial charge in [0.1, 0.15) is 11.3 Å². The number of hydrogen-bond acceptors (Lipinski definition) is 3. The molecule has 2 heterocycles. The van der Waals surface area contributed by atoms with Crippen molar-refractivity contribution < 1.29 is 9.52 Å². The molecule has 0 radical (unpaired) electrons. The zero-order valence-corrected chi connectivity index (χ0v) is 5.87. The Morgan fingerprint density at radius 3 is 3.27 bits per heavy atom. The Bertz CT molecular complexity index is 321. The van der Waals surface area contributed by atoms with E-state index in [1.807, 2.05) is 6.07 Å². The number of hydrogen-bond donors (Lipinski definition) is 2. The highest BCUT2D eigenvalue weighted by Crippen LogP contribution is 2.14. The van der Waals surface area contributed by atoms with E-state index in [2.05, 4.69) is 9.97 Å². The average Bonchev–Trinajstić information content (AvgIpc) is 2.46. The fourth-order valence-corrected chi connectivity index (χ4v) is 1.02. The van der Waals surface area contributed by atoms with Gasteiger partial charge in [-0.15, -0.1) is 0 Å². The molecule has 2 aromatic rings. The summed E-state index contributed by atoms with van der Waals surface area (Å²) < 4.78 is 5.25. The van der Waals surface area contributed by atoms with Crippen LogP contribution in [0.2, 0.25) is 0 Å². The standard InChI is InChI=1S/C7H8N2O2/c10-2-1-5-3-6-7(11-5)9-4-8-6/h3-4,10H,1-2H2,(H,8,9). The normalized spacial score (nSPS) is 11.0. The molecule has 4 nitrogen and oxygen atoms in total. The molecular weight excluding hydrogens is 144 g/mol. The zero-order valence-electron chi connectivity index (χ0n) is 5.87. The molecule has 58 valence electrons. The van der Waals surface area contributed by atoms with Crippen molar-refractivity contribution in [2.45, 2.75) is 6.42 Å². The molecule has 0 saturated heterocycles. The molecule has 0 aliphatic rings. The molecule has 0 saturated carbocycles. The van der Waals surface area contributed by atoms with E-state index in [1.54, 1.807) is 6.33 Å². The van der Waals surface area contributed by atoms with Gasteiger partial charge >= 0.3 is 0 Å². The smallest absolute Gasteiger partial charge is 0.244 e. The molecule has 0 aliphatic carbocycles. The van der Waals surface area contributed by atoms with Crippen LogP contribution in [-0.2, 0) is 6.42 Å². The van der Waals surface area contributed by atoms with E-state index >= 15 is 0 Å². The second kappa shape index (κ2) is 2.39. The van der Waals surface area contributed by atoms with Gasteiger partial charge in [-0.25, -0.2) is 4.98 Å². The number of nitrogens with zero attached hydrogens (tertiary/aromatic N) is 1. The molecule has 0 amide bonds. The van der Waals surface area contributed by atoms with Gasteiger partial charge in [0.15, 0.2) is 0 Å². The number of aromatic amines is 1. The number of rotatable bonds is 2. The Hall–Kier alpha value is -1.29. The van der Waals surface area contributed by atoms with Crippen LogP contribution < -0.4 is 0 Å². The van der Waals surface area contributed by atoms with Gasteiger partial charge in [-0.1, -0.05) is 0 Å². The van der Waals surface area contributed by atoms with E-state index in [0.717, 1.165) is 11.3 Å². The highest BCUT2D eigenvalue weighted by Gasteiger charge is 2.03. The number of nitrogens with one attached hydrogen (secondary N) is 1. The minimum atomic E-state index is 0.107. The third-order valence-electron chi connectivity index (χ3n) is 1.52. The number of fused-ring (bicyclic) bond motifs is 1. The molecule has 4 heteroatoms. The Labute approximate surface area is 62.9 Å². The summed E-state index contributed by atoms with van der Waals surface area (Å²) in [6.45, 7) is 0.107. The molecule has 11 heavy (non-hydrogen) atoms. The molecule has 0 unspecified atom stereocenters. The van der Waals surface area contributed by atoms with Crippen molar-refractivity contribution in [1.29, 1.82) is 0 Å². The highest BCUT2D eigenvalue weighted by molar-refractivity contribution is 5.68. The minimum Gasteiger partial charge on any atom is -0.441 e. The molecule has 2 aromatic heterocycles. The van der Waals surface area contributed by atoms with Crippen LogP contribution >= 0.6 is 0 Å². The Morgan fingerprint density at radius 2 is 2.55 bits per heavy atom. The van der Waals surface area contributed by atoms with Crippen LogP contribution in [0.4, 0.5) is 0 Å². The lowest BCUT2D eigenvalue weighted by Gasteiger charge is -1.86. The van der Waals surface area contributed by atoms with Gasteiger partial charge in [0.05, 0.1) is 12.9 Å². The fourth-order valence-electron chi connectivity index (χ4n) is 1.02. The van der Waals surface area contributed by atoms with Crippen molar-refractivity contribution in [1.82, 2.24) is 9.97 Å². The van der Waals surface area contributed by atoms with Crippen LogP contribution in [0.1, 0.15) is 5.76 Å². The predicted octanol–water partition coefficient (Wildman–Crippen LogP) is 0.691. The maximum Gasteiger partial charge on any atom is 0.244 e. The highest BCUT2D eigenvalue weighted by atomic mass is 16.3. The maximum atomic E-state index is 8.59. The van der Waals surface area contributed by atoms with Crippen molar-refractivity contribution in [3.8, 4) is 0 Å². The number of aliphatic hydroxyl groups excluding tert-OH is 1. The molecule has 0 atom stereocenters. The van der Waals surface area contributed by atoms with Crippen LogP contribution in [0.15, 0.2) is 16.8 Å². The van der Waals surface area contributed by atoms with Crippen LogP contribution in [0.25, 0.3) is 11.2 Å². The van der Waals surface area contributed by atoms with Gasteiger partial charge in [0, 0.05) is 12.5 Å². The molecule has 2 N–H and O–H groups in total. The number of aromatic nitrogens is 2.